The van der Waals surface area contributed by atoms with Gasteiger partial charge in [-0.15, -0.1) is 0 Å². The lowest BCUT2D eigenvalue weighted by Gasteiger charge is -2.40. The van der Waals surface area contributed by atoms with Crippen LogP contribution in [-0.2, 0) is 9.47 Å². The van der Waals surface area contributed by atoms with Gasteiger partial charge in [0.05, 0.1) is 12.2 Å². The lowest BCUT2D eigenvalue weighted by atomic mass is 9.98. The molecule has 0 spiro atoms. The number of hydrogen-bond donors (Lipinski definition) is 5. The van der Waals surface area contributed by atoms with Crippen molar-refractivity contribution in [2.24, 2.45) is 0 Å². The van der Waals surface area contributed by atoms with Crippen LogP contribution in [0, 0.1) is 0 Å². The van der Waals surface area contributed by atoms with Gasteiger partial charge in [0.2, 0.25) is 0 Å². The maximum Gasteiger partial charge on any atom is 0.338 e. The highest BCUT2D eigenvalue weighted by Gasteiger charge is 2.43. The summed E-state index contributed by atoms with van der Waals surface area (Å²) in [5, 5.41) is 41.8. The van der Waals surface area contributed by atoms with E-state index in [4.69, 9.17) is 9.47 Å². The zero-order valence-electron chi connectivity index (χ0n) is 16.2. The highest BCUT2D eigenvalue weighted by molar-refractivity contribution is 5.89. The minimum atomic E-state index is -1.46. The Balaban J connectivity index is 1.90. The van der Waals surface area contributed by atoms with E-state index in [1.807, 2.05) is 13.8 Å². The van der Waals surface area contributed by atoms with Crippen LogP contribution in [-0.4, -0.2) is 94.8 Å². The Kier molecular flexibility index (Phi) is 8.61. The van der Waals surface area contributed by atoms with Crippen molar-refractivity contribution < 1.29 is 34.7 Å². The van der Waals surface area contributed by atoms with Crippen LogP contribution in [0.2, 0.25) is 0 Å². The van der Waals surface area contributed by atoms with Gasteiger partial charge in [-0.05, 0) is 37.4 Å². The molecular formula is C19H30N2O7. The molecule has 9 heteroatoms. The van der Waals surface area contributed by atoms with Gasteiger partial charge in [0.25, 0.3) is 0 Å². The topological polar surface area (TPSA) is 132 Å². The highest BCUT2D eigenvalue weighted by Crippen LogP contribution is 2.23. The monoisotopic (exact) mass is 398 g/mol. The lowest BCUT2D eigenvalue weighted by molar-refractivity contribution is -0.221. The predicted molar refractivity (Wildman–Crippen MR) is 102 cm³/mol. The Labute approximate surface area is 164 Å². The molecule has 0 aromatic heterocycles. The number of nitrogens with zero attached hydrogens (tertiary/aromatic N) is 1. The Bertz CT molecular complexity index is 607. The number of esters is 1. The maximum atomic E-state index is 12.1. The fraction of sp³-hybridized carbons (Fsp3) is 0.632. The first kappa shape index (κ1) is 22.5. The number of hydrogen-bond acceptors (Lipinski definition) is 9. The molecule has 2 rings (SSSR count). The van der Waals surface area contributed by atoms with Crippen LogP contribution in [0.25, 0.3) is 0 Å². The molecule has 1 saturated heterocycles. The molecule has 9 nitrogen and oxygen atoms in total. The number of carbonyl (C=O) groups excluding carboxylic acids is 1. The van der Waals surface area contributed by atoms with Crippen molar-refractivity contribution in [2.45, 2.75) is 44.5 Å². The number of benzene rings is 1. The van der Waals surface area contributed by atoms with Crippen LogP contribution < -0.4 is 5.32 Å². The SMILES string of the molecule is CCN(CC)CCOC(=O)c1ccc(N[C@@H]2OC(CO)[C@H](O)[C@H](O)C2O)cc1. The number of ether oxygens (including phenoxy) is 2. The molecule has 158 valence electrons. The Morgan fingerprint density at radius 1 is 1.11 bits per heavy atom. The van der Waals surface area contributed by atoms with Crippen LogP contribution in [0.3, 0.4) is 0 Å². The van der Waals surface area contributed by atoms with Crippen LogP contribution >= 0.6 is 0 Å². The van der Waals surface area contributed by atoms with Gasteiger partial charge in [-0.1, -0.05) is 13.8 Å². The van der Waals surface area contributed by atoms with Crippen molar-refractivity contribution in [3.63, 3.8) is 0 Å². The summed E-state index contributed by atoms with van der Waals surface area (Å²) in [7, 11) is 0. The standard InChI is InChI=1S/C19H30N2O7/c1-3-21(4-2)9-10-27-19(26)12-5-7-13(8-6-12)20-18-17(25)16(24)15(23)14(11-22)28-18/h5-8,14-18,20,22-25H,3-4,9-11H2,1-2H3/t14?,15-,16-,17?,18+/m0/s1. The highest BCUT2D eigenvalue weighted by atomic mass is 16.6. The van der Waals surface area contributed by atoms with E-state index in [0.29, 0.717) is 24.4 Å². The zero-order valence-corrected chi connectivity index (χ0v) is 16.2. The van der Waals surface area contributed by atoms with Crippen LogP contribution in [0.4, 0.5) is 5.69 Å². The second-order valence-electron chi connectivity index (χ2n) is 6.63. The Hall–Kier alpha value is -1.75. The first-order chi connectivity index (χ1) is 13.4. The third kappa shape index (κ3) is 5.63. The molecule has 1 aliphatic heterocycles. The third-order valence-electron chi connectivity index (χ3n) is 4.86. The van der Waals surface area contributed by atoms with E-state index in [9.17, 15) is 25.2 Å². The van der Waals surface area contributed by atoms with Crippen molar-refractivity contribution in [3.8, 4) is 0 Å². The molecule has 1 aromatic carbocycles. The van der Waals surface area contributed by atoms with Gasteiger partial charge < -0.3 is 40.1 Å². The number of nitrogens with one attached hydrogen (secondary N) is 1. The summed E-state index contributed by atoms with van der Waals surface area (Å²) in [6, 6.07) is 6.38. The van der Waals surface area contributed by atoms with Crippen LogP contribution in [0.15, 0.2) is 24.3 Å². The molecule has 1 fully saturated rings. The van der Waals surface area contributed by atoms with E-state index >= 15 is 0 Å². The number of likely N-dealkylation sites (N-methyl/N-ethyl adjacent to an activating group) is 1. The van der Waals surface area contributed by atoms with Crippen molar-refractivity contribution in [1.29, 1.82) is 0 Å². The number of carbonyl (C=O) groups is 1. The maximum absolute atomic E-state index is 12.1. The van der Waals surface area contributed by atoms with E-state index < -0.39 is 43.2 Å². The summed E-state index contributed by atoms with van der Waals surface area (Å²) < 4.78 is 10.7. The van der Waals surface area contributed by atoms with Gasteiger partial charge in [0.1, 0.15) is 31.0 Å². The summed E-state index contributed by atoms with van der Waals surface area (Å²) in [5.41, 5.74) is 0.919. The Morgan fingerprint density at radius 2 is 1.75 bits per heavy atom. The summed E-state index contributed by atoms with van der Waals surface area (Å²) in [4.78, 5) is 14.3. The van der Waals surface area contributed by atoms with E-state index in [-0.39, 0.29) is 0 Å². The fourth-order valence-electron chi connectivity index (χ4n) is 2.98. The second-order valence-corrected chi connectivity index (χ2v) is 6.63. The molecule has 1 aliphatic rings. The smallest absolute Gasteiger partial charge is 0.338 e. The first-order valence-electron chi connectivity index (χ1n) is 9.47. The van der Waals surface area contributed by atoms with Gasteiger partial charge in [-0.25, -0.2) is 4.79 Å². The molecule has 5 N–H and O–H groups in total. The molecular weight excluding hydrogens is 368 g/mol. The fourth-order valence-corrected chi connectivity index (χ4v) is 2.98. The molecule has 2 unspecified atom stereocenters. The first-order valence-corrected chi connectivity index (χ1v) is 9.47. The molecule has 1 heterocycles. The molecule has 28 heavy (non-hydrogen) atoms. The van der Waals surface area contributed by atoms with E-state index in [2.05, 4.69) is 10.2 Å². The molecule has 0 radical (unpaired) electrons. The van der Waals surface area contributed by atoms with E-state index in [1.54, 1.807) is 24.3 Å². The zero-order chi connectivity index (χ0) is 20.7. The number of anilines is 1. The van der Waals surface area contributed by atoms with Crippen molar-refractivity contribution in [2.75, 3.05) is 38.2 Å². The van der Waals surface area contributed by atoms with E-state index in [1.165, 1.54) is 0 Å². The van der Waals surface area contributed by atoms with Crippen molar-refractivity contribution >= 4 is 11.7 Å². The van der Waals surface area contributed by atoms with Crippen LogP contribution in [0.5, 0.6) is 0 Å². The number of aliphatic hydroxyl groups excluding tert-OH is 4. The van der Waals surface area contributed by atoms with Crippen molar-refractivity contribution in [1.82, 2.24) is 4.90 Å². The van der Waals surface area contributed by atoms with Crippen molar-refractivity contribution in [3.05, 3.63) is 29.8 Å². The summed E-state index contributed by atoms with van der Waals surface area (Å²) in [5.74, 6) is -0.424. The number of rotatable bonds is 9. The quantitative estimate of drug-likeness (QED) is 0.346. The largest absolute Gasteiger partial charge is 0.461 e. The average Bonchev–Trinajstić information content (AvgIpc) is 2.72. The molecule has 0 aliphatic carbocycles. The second kappa shape index (κ2) is 10.7. The third-order valence-corrected chi connectivity index (χ3v) is 4.86. The molecule has 0 amide bonds. The van der Waals surface area contributed by atoms with Crippen LogP contribution in [0.1, 0.15) is 24.2 Å². The predicted octanol–water partition coefficient (Wildman–Crippen LogP) is -0.603. The van der Waals surface area contributed by atoms with Gasteiger partial charge >= 0.3 is 5.97 Å². The normalized spacial score (nSPS) is 27.6. The van der Waals surface area contributed by atoms with E-state index in [0.717, 1.165) is 13.1 Å². The number of aliphatic hydroxyl groups is 4. The molecule has 0 saturated carbocycles. The summed E-state index contributed by atoms with van der Waals surface area (Å²) in [6.45, 7) is 6.37. The summed E-state index contributed by atoms with van der Waals surface area (Å²) in [6.07, 6.45) is -6.27. The average molecular weight is 398 g/mol. The van der Waals surface area contributed by atoms with Gasteiger partial charge in [-0.2, -0.15) is 0 Å². The molecule has 0 bridgehead atoms. The van der Waals surface area contributed by atoms with Gasteiger partial charge in [0, 0.05) is 12.2 Å². The minimum Gasteiger partial charge on any atom is -0.461 e. The van der Waals surface area contributed by atoms with Gasteiger partial charge in [0.15, 0.2) is 6.23 Å². The molecule has 1 aromatic rings. The van der Waals surface area contributed by atoms with Gasteiger partial charge in [-0.3, -0.25) is 0 Å². The summed E-state index contributed by atoms with van der Waals surface area (Å²) >= 11 is 0. The minimum absolute atomic E-state index is 0.311. The lowest BCUT2D eigenvalue weighted by Crippen LogP contribution is -2.60. The Morgan fingerprint density at radius 3 is 2.32 bits per heavy atom. The molecule has 5 atom stereocenters.